The van der Waals surface area contributed by atoms with Crippen LogP contribution in [0.4, 0.5) is 28.9 Å². The fourth-order valence-electron chi connectivity index (χ4n) is 3.77. The largest absolute Gasteiger partial charge is 0.490 e. The number of hydrogen-bond donors (Lipinski definition) is 3. The molecule has 1 aliphatic heterocycles. The Labute approximate surface area is 228 Å². The fraction of sp³-hybridized carbons (Fsp3) is 0.250. The van der Waals surface area contributed by atoms with E-state index >= 15 is 0 Å². The van der Waals surface area contributed by atoms with Gasteiger partial charge in [0, 0.05) is 37.6 Å². The number of aliphatic carboxylic acids is 1. The molecule has 212 valence electrons. The lowest BCUT2D eigenvalue weighted by Crippen LogP contribution is -2.50. The second-order valence-corrected chi connectivity index (χ2v) is 8.89. The van der Waals surface area contributed by atoms with Crippen LogP contribution in [0.1, 0.15) is 21.5 Å². The summed E-state index contributed by atoms with van der Waals surface area (Å²) in [6.07, 6.45) is -5.08. The van der Waals surface area contributed by atoms with Gasteiger partial charge in [0.15, 0.2) is 5.96 Å². The van der Waals surface area contributed by atoms with Crippen molar-refractivity contribution < 1.29 is 37.4 Å². The zero-order valence-electron chi connectivity index (χ0n) is 21.5. The Balaban J connectivity index is 0.000000559. The van der Waals surface area contributed by atoms with E-state index in [2.05, 4.69) is 46.3 Å². The van der Waals surface area contributed by atoms with Gasteiger partial charge in [-0.2, -0.15) is 13.2 Å². The molecule has 1 fully saturated rings. The summed E-state index contributed by atoms with van der Waals surface area (Å²) >= 11 is 0. The molecule has 1 aliphatic rings. The minimum atomic E-state index is -5.08. The van der Waals surface area contributed by atoms with Gasteiger partial charge < -0.3 is 25.3 Å². The van der Waals surface area contributed by atoms with Crippen LogP contribution in [0.15, 0.2) is 77.8 Å². The van der Waals surface area contributed by atoms with E-state index in [0.717, 1.165) is 37.4 Å². The van der Waals surface area contributed by atoms with Gasteiger partial charge in [-0.05, 0) is 55.0 Å². The Kier molecular flexibility index (Phi) is 10.1. The molecule has 4 rings (SSSR count). The maximum atomic E-state index is 13.3. The normalized spacial score (nSPS) is 13.8. The first kappa shape index (κ1) is 29.9. The monoisotopic (exact) mass is 560 g/mol. The summed E-state index contributed by atoms with van der Waals surface area (Å²) in [5, 5.41) is 19.8. The zero-order chi connectivity index (χ0) is 29.3. The first-order chi connectivity index (χ1) is 18.9. The van der Waals surface area contributed by atoms with Crippen molar-refractivity contribution in [3.63, 3.8) is 0 Å². The number of hydrogen-bond acceptors (Lipinski definition) is 4. The first-order valence-electron chi connectivity index (χ1n) is 12.2. The molecule has 0 aliphatic carbocycles. The molecule has 0 saturated carbocycles. The standard InChI is InChI=1S/C26H27FN4O2.C2HF3O2/c1-19-5-7-20(8-6-19)18-28-26(29-23-4-2-3-21(17-23)25(32)33)31-15-13-30(14-16-31)24-11-9-22(27)10-12-24;3-2(4,5)1(6)7/h2-12,17H,13-16,18H2,1H3,(H,28,29)(H,32,33);(H,6,7). The highest BCUT2D eigenvalue weighted by Crippen LogP contribution is 2.19. The minimum absolute atomic E-state index is 0.221. The van der Waals surface area contributed by atoms with Gasteiger partial charge >= 0.3 is 18.1 Å². The molecule has 12 heteroatoms. The average molecular weight is 561 g/mol. The molecule has 0 aromatic heterocycles. The van der Waals surface area contributed by atoms with Crippen LogP contribution in [0.25, 0.3) is 0 Å². The van der Waals surface area contributed by atoms with Crippen molar-refractivity contribution in [3.8, 4) is 0 Å². The van der Waals surface area contributed by atoms with E-state index in [1.807, 2.05) is 6.07 Å². The molecule has 1 heterocycles. The topological polar surface area (TPSA) is 105 Å². The highest BCUT2D eigenvalue weighted by Gasteiger charge is 2.38. The van der Waals surface area contributed by atoms with Crippen LogP contribution in [0, 0.1) is 12.7 Å². The Hall–Kier alpha value is -4.61. The minimum Gasteiger partial charge on any atom is -0.478 e. The number of alkyl halides is 3. The number of guanidine groups is 1. The number of halogens is 4. The molecular weight excluding hydrogens is 532 g/mol. The number of piperazine rings is 1. The lowest BCUT2D eigenvalue weighted by molar-refractivity contribution is -0.192. The third-order valence-electron chi connectivity index (χ3n) is 5.91. The number of carboxylic acids is 2. The van der Waals surface area contributed by atoms with Crippen LogP contribution in [0.2, 0.25) is 0 Å². The summed E-state index contributed by atoms with van der Waals surface area (Å²) in [5.41, 5.74) is 4.20. The number of nitrogens with zero attached hydrogens (tertiary/aromatic N) is 3. The highest BCUT2D eigenvalue weighted by molar-refractivity contribution is 5.96. The average Bonchev–Trinajstić information content (AvgIpc) is 2.92. The number of aliphatic imine (C=N–C) groups is 1. The number of benzene rings is 3. The second kappa shape index (κ2) is 13.5. The van der Waals surface area contributed by atoms with Crippen LogP contribution < -0.4 is 10.2 Å². The molecule has 0 unspecified atom stereocenters. The van der Waals surface area contributed by atoms with Crippen LogP contribution >= 0.6 is 0 Å². The molecule has 1 saturated heterocycles. The highest BCUT2D eigenvalue weighted by atomic mass is 19.4. The van der Waals surface area contributed by atoms with Gasteiger partial charge in [-0.15, -0.1) is 0 Å². The summed E-state index contributed by atoms with van der Waals surface area (Å²) < 4.78 is 45.0. The zero-order valence-corrected chi connectivity index (χ0v) is 21.5. The van der Waals surface area contributed by atoms with Gasteiger partial charge in [0.1, 0.15) is 5.82 Å². The van der Waals surface area contributed by atoms with Gasteiger partial charge in [0.05, 0.1) is 12.1 Å². The van der Waals surface area contributed by atoms with Crippen LogP contribution in [0.3, 0.4) is 0 Å². The lowest BCUT2D eigenvalue weighted by atomic mass is 10.1. The van der Waals surface area contributed by atoms with E-state index in [-0.39, 0.29) is 11.4 Å². The van der Waals surface area contributed by atoms with Crippen LogP contribution in [-0.4, -0.2) is 65.4 Å². The molecule has 0 spiro atoms. The predicted molar refractivity (Wildman–Crippen MR) is 143 cm³/mol. The van der Waals surface area contributed by atoms with Crippen molar-refractivity contribution in [2.24, 2.45) is 4.99 Å². The van der Waals surface area contributed by atoms with Gasteiger partial charge in [0.2, 0.25) is 0 Å². The number of aryl methyl sites for hydroxylation is 1. The molecule has 0 bridgehead atoms. The quantitative estimate of drug-likeness (QED) is 0.222. The third kappa shape index (κ3) is 9.00. The van der Waals surface area contributed by atoms with E-state index in [1.54, 1.807) is 30.3 Å². The molecule has 3 aromatic carbocycles. The molecule has 3 aromatic rings. The lowest BCUT2D eigenvalue weighted by Gasteiger charge is -2.37. The Bertz CT molecular complexity index is 1320. The van der Waals surface area contributed by atoms with Crippen molar-refractivity contribution in [2.45, 2.75) is 19.6 Å². The van der Waals surface area contributed by atoms with Crippen molar-refractivity contribution >= 4 is 29.3 Å². The molecule has 3 N–H and O–H groups in total. The number of carbonyl (C=O) groups is 2. The van der Waals surface area contributed by atoms with Crippen molar-refractivity contribution in [1.82, 2.24) is 4.90 Å². The molecule has 0 atom stereocenters. The Morgan fingerprint density at radius 2 is 1.52 bits per heavy atom. The maximum absolute atomic E-state index is 13.3. The summed E-state index contributed by atoms with van der Waals surface area (Å²) in [4.78, 5) is 29.5. The number of anilines is 2. The molecule has 8 nitrogen and oxygen atoms in total. The summed E-state index contributed by atoms with van der Waals surface area (Å²) in [6, 6.07) is 21.5. The Morgan fingerprint density at radius 1 is 0.925 bits per heavy atom. The predicted octanol–water partition coefficient (Wildman–Crippen LogP) is 5.26. The van der Waals surface area contributed by atoms with Gasteiger partial charge in [-0.3, -0.25) is 0 Å². The third-order valence-corrected chi connectivity index (χ3v) is 5.91. The molecular formula is C28H28F4N4O4. The van der Waals surface area contributed by atoms with Crippen LogP contribution in [0.5, 0.6) is 0 Å². The molecule has 0 amide bonds. The van der Waals surface area contributed by atoms with E-state index < -0.39 is 18.1 Å². The smallest absolute Gasteiger partial charge is 0.478 e. The number of carboxylic acid groups (broad SMARTS) is 2. The molecule has 0 radical (unpaired) electrons. The van der Waals surface area contributed by atoms with Gasteiger partial charge in [-0.1, -0.05) is 35.9 Å². The second-order valence-electron chi connectivity index (χ2n) is 8.89. The summed E-state index contributed by atoms with van der Waals surface area (Å²) in [6.45, 7) is 5.57. The van der Waals surface area contributed by atoms with Crippen LogP contribution in [-0.2, 0) is 11.3 Å². The SMILES string of the molecule is Cc1ccc(CN=C(Nc2cccc(C(=O)O)c2)N2CCN(c3ccc(F)cc3)CC2)cc1.O=C(O)C(F)(F)F. The van der Waals surface area contributed by atoms with Gasteiger partial charge in [-0.25, -0.2) is 19.0 Å². The van der Waals surface area contributed by atoms with E-state index in [9.17, 15) is 27.5 Å². The van der Waals surface area contributed by atoms with Crippen molar-refractivity contribution in [2.75, 3.05) is 36.4 Å². The Morgan fingerprint density at radius 3 is 2.08 bits per heavy atom. The first-order valence-corrected chi connectivity index (χ1v) is 12.2. The number of aromatic carboxylic acids is 1. The van der Waals surface area contributed by atoms with Crippen molar-refractivity contribution in [1.29, 1.82) is 0 Å². The van der Waals surface area contributed by atoms with Crippen molar-refractivity contribution in [3.05, 3.63) is 95.3 Å². The number of nitrogens with one attached hydrogen (secondary N) is 1. The van der Waals surface area contributed by atoms with E-state index in [0.29, 0.717) is 18.2 Å². The van der Waals surface area contributed by atoms with Gasteiger partial charge in [0.25, 0.3) is 0 Å². The number of rotatable bonds is 5. The van der Waals surface area contributed by atoms with E-state index in [1.165, 1.54) is 17.7 Å². The summed E-state index contributed by atoms with van der Waals surface area (Å²) in [7, 11) is 0. The van der Waals surface area contributed by atoms with E-state index in [4.69, 9.17) is 14.9 Å². The summed E-state index contributed by atoms with van der Waals surface area (Å²) in [5.74, 6) is -3.26. The fourth-order valence-corrected chi connectivity index (χ4v) is 3.77. The molecule has 40 heavy (non-hydrogen) atoms. The maximum Gasteiger partial charge on any atom is 0.490 e.